The molecule has 1 heterocycles. The summed E-state index contributed by atoms with van der Waals surface area (Å²) in [5.41, 5.74) is -2.71. The maximum absolute atomic E-state index is 14.8. The zero-order chi connectivity index (χ0) is 31.1. The van der Waals surface area contributed by atoms with Crippen LogP contribution >= 0.6 is 11.6 Å². The van der Waals surface area contributed by atoms with Gasteiger partial charge in [0.1, 0.15) is 5.82 Å². The highest BCUT2D eigenvalue weighted by Crippen LogP contribution is 2.33. The predicted octanol–water partition coefficient (Wildman–Crippen LogP) is 5.82. The topological polar surface area (TPSA) is 82.3 Å². The molecular weight excluding hydrogens is 590 g/mol. The number of aromatic nitrogens is 2. The highest BCUT2D eigenvalue weighted by atomic mass is 35.5. The minimum atomic E-state index is -4.88. The normalized spacial score (nSPS) is 12.2. The van der Waals surface area contributed by atoms with Crippen molar-refractivity contribution in [3.63, 3.8) is 0 Å². The van der Waals surface area contributed by atoms with Crippen LogP contribution < -0.4 is 16.6 Å². The smallest absolute Gasteiger partial charge is 0.416 e. The van der Waals surface area contributed by atoms with Gasteiger partial charge in [-0.2, -0.15) is 13.2 Å². The van der Waals surface area contributed by atoms with Gasteiger partial charge in [0.2, 0.25) is 0 Å². The fourth-order valence-corrected chi connectivity index (χ4v) is 4.95. The van der Waals surface area contributed by atoms with Crippen LogP contribution in [0.5, 0.6) is 0 Å². The number of halogens is 5. The maximum Gasteiger partial charge on any atom is 0.416 e. The lowest BCUT2D eigenvalue weighted by molar-refractivity contribution is -0.141. The van der Waals surface area contributed by atoms with Crippen LogP contribution in [0.25, 0.3) is 11.1 Å². The van der Waals surface area contributed by atoms with Gasteiger partial charge in [0.15, 0.2) is 0 Å². The van der Waals surface area contributed by atoms with Crippen molar-refractivity contribution in [1.82, 2.24) is 14.5 Å². The van der Waals surface area contributed by atoms with E-state index in [1.54, 1.807) is 48.5 Å². The van der Waals surface area contributed by atoms with E-state index in [1.807, 2.05) is 0 Å². The fraction of sp³-hybridized carbons (Fsp3) is 0.258. The summed E-state index contributed by atoms with van der Waals surface area (Å²) in [5.74, 6) is -1.54. The average molecular weight is 618 g/mol. The summed E-state index contributed by atoms with van der Waals surface area (Å²) in [6.07, 6.45) is -3.23. The van der Waals surface area contributed by atoms with E-state index in [1.165, 1.54) is 13.2 Å². The molecule has 4 aromatic rings. The van der Waals surface area contributed by atoms with Gasteiger partial charge in [-0.1, -0.05) is 66.2 Å². The lowest BCUT2D eigenvalue weighted by Gasteiger charge is -2.22. The van der Waals surface area contributed by atoms with Crippen molar-refractivity contribution < 1.29 is 27.1 Å². The van der Waals surface area contributed by atoms with Gasteiger partial charge in [-0.25, -0.2) is 9.18 Å². The van der Waals surface area contributed by atoms with Gasteiger partial charge < -0.3 is 10.1 Å². The van der Waals surface area contributed by atoms with E-state index < -0.39 is 52.9 Å². The van der Waals surface area contributed by atoms with Crippen molar-refractivity contribution in [2.75, 3.05) is 13.7 Å². The number of hydrogen-bond acceptors (Lipinski definition) is 5. The van der Waals surface area contributed by atoms with Crippen LogP contribution in [0, 0.1) is 5.82 Å². The molecule has 1 N–H and O–H groups in total. The molecular formula is C31H28ClF4N3O4. The van der Waals surface area contributed by atoms with Crippen LogP contribution in [0.2, 0.25) is 5.02 Å². The number of benzene rings is 3. The quantitative estimate of drug-likeness (QED) is 0.130. The molecule has 7 nitrogen and oxygen atoms in total. The highest BCUT2D eigenvalue weighted by Gasteiger charge is 2.34. The van der Waals surface area contributed by atoms with Crippen molar-refractivity contribution in [3.8, 4) is 11.1 Å². The molecule has 43 heavy (non-hydrogen) atoms. The van der Waals surface area contributed by atoms with E-state index in [0.29, 0.717) is 13.0 Å². The van der Waals surface area contributed by atoms with Crippen LogP contribution in [0.1, 0.15) is 35.6 Å². The first-order valence-corrected chi connectivity index (χ1v) is 13.7. The SMILES string of the molecule is COC(=O)CCCN[C@@H](Cn1c(=O)c(-c2ccccc2Cl)cn(Cc2c(F)cccc2C(F)(F)F)c1=O)c1ccccc1. The minimum Gasteiger partial charge on any atom is -0.469 e. The summed E-state index contributed by atoms with van der Waals surface area (Å²) >= 11 is 6.37. The third-order valence-corrected chi connectivity index (χ3v) is 7.23. The van der Waals surface area contributed by atoms with Crippen molar-refractivity contribution in [1.29, 1.82) is 0 Å². The number of carbonyl (C=O) groups excluding carboxylic acids is 1. The van der Waals surface area contributed by atoms with Crippen LogP contribution in [-0.4, -0.2) is 28.8 Å². The Morgan fingerprint density at radius 3 is 2.35 bits per heavy atom. The second-order valence-electron chi connectivity index (χ2n) is 9.71. The lowest BCUT2D eigenvalue weighted by atomic mass is 10.0. The monoisotopic (exact) mass is 617 g/mol. The van der Waals surface area contributed by atoms with E-state index in [2.05, 4.69) is 10.1 Å². The molecule has 4 rings (SSSR count). The van der Waals surface area contributed by atoms with E-state index >= 15 is 0 Å². The van der Waals surface area contributed by atoms with Gasteiger partial charge in [-0.05, 0) is 36.7 Å². The van der Waals surface area contributed by atoms with Crippen molar-refractivity contribution in [3.05, 3.63) is 127 Å². The molecule has 0 aliphatic carbocycles. The number of carbonyl (C=O) groups is 1. The molecule has 0 unspecified atom stereocenters. The molecule has 0 fully saturated rings. The van der Waals surface area contributed by atoms with Crippen LogP contribution in [-0.2, 0) is 28.8 Å². The molecule has 1 atom stereocenters. The number of nitrogens with one attached hydrogen (secondary N) is 1. The molecule has 0 saturated carbocycles. The Bertz CT molecular complexity index is 1700. The molecule has 12 heteroatoms. The van der Waals surface area contributed by atoms with Gasteiger partial charge in [0.25, 0.3) is 5.56 Å². The summed E-state index contributed by atoms with van der Waals surface area (Å²) in [6.45, 7) is -0.686. The lowest BCUT2D eigenvalue weighted by Crippen LogP contribution is -2.43. The summed E-state index contributed by atoms with van der Waals surface area (Å²) in [6, 6.07) is 17.2. The summed E-state index contributed by atoms with van der Waals surface area (Å²) in [5, 5.41) is 3.43. The Kier molecular flexibility index (Phi) is 10.2. The van der Waals surface area contributed by atoms with Gasteiger partial charge >= 0.3 is 17.8 Å². The van der Waals surface area contributed by atoms with Crippen molar-refractivity contribution in [2.24, 2.45) is 0 Å². The Balaban J connectivity index is 1.84. The molecule has 0 aliphatic heterocycles. The molecule has 226 valence electrons. The van der Waals surface area contributed by atoms with Crippen LogP contribution in [0.4, 0.5) is 17.6 Å². The maximum atomic E-state index is 14.8. The van der Waals surface area contributed by atoms with Gasteiger partial charge in [0.05, 0.1) is 37.4 Å². The molecule has 3 aromatic carbocycles. The number of rotatable bonds is 11. The number of esters is 1. The standard InChI is InChI=1S/C31H28ClF4N3O4/c1-43-28(40)15-8-16-37-27(20-9-3-2-4-10-20)19-39-29(41)22(21-11-5-6-13-25(21)32)17-38(30(39)42)18-23-24(31(34,35)36)12-7-14-26(23)33/h2-7,9-14,17,27,37H,8,15-16,18-19H2,1H3/t27-/m0/s1. The first-order valence-electron chi connectivity index (χ1n) is 13.3. The average Bonchev–Trinajstić information content (AvgIpc) is 2.98. The first kappa shape index (κ1) is 31.7. The number of ether oxygens (including phenoxy) is 1. The molecule has 0 saturated heterocycles. The summed E-state index contributed by atoms with van der Waals surface area (Å²) < 4.78 is 62.6. The first-order chi connectivity index (χ1) is 20.5. The largest absolute Gasteiger partial charge is 0.469 e. The van der Waals surface area contributed by atoms with E-state index in [-0.39, 0.29) is 29.1 Å². The summed E-state index contributed by atoms with van der Waals surface area (Å²) in [4.78, 5) is 39.1. The van der Waals surface area contributed by atoms with Crippen molar-refractivity contribution in [2.45, 2.75) is 38.1 Å². The predicted molar refractivity (Wildman–Crippen MR) is 154 cm³/mol. The number of nitrogens with zero attached hydrogens (tertiary/aromatic N) is 2. The zero-order valence-electron chi connectivity index (χ0n) is 23.0. The Hall–Kier alpha value is -4.22. The van der Waals surface area contributed by atoms with E-state index in [9.17, 15) is 31.9 Å². The molecule has 0 aliphatic rings. The number of hydrogen-bond donors (Lipinski definition) is 1. The Morgan fingerprint density at radius 1 is 0.977 bits per heavy atom. The molecule has 0 bridgehead atoms. The van der Waals surface area contributed by atoms with E-state index in [0.717, 1.165) is 39.1 Å². The molecule has 0 spiro atoms. The minimum absolute atomic E-state index is 0.0485. The van der Waals surface area contributed by atoms with Crippen LogP contribution in [0.15, 0.2) is 88.6 Å². The third kappa shape index (κ3) is 7.60. The third-order valence-electron chi connectivity index (χ3n) is 6.90. The van der Waals surface area contributed by atoms with Crippen LogP contribution in [0.3, 0.4) is 0 Å². The van der Waals surface area contributed by atoms with E-state index in [4.69, 9.17) is 11.6 Å². The number of methoxy groups -OCH3 is 1. The molecule has 0 radical (unpaired) electrons. The van der Waals surface area contributed by atoms with Gasteiger partial charge in [-0.15, -0.1) is 0 Å². The molecule has 1 aromatic heterocycles. The summed E-state index contributed by atoms with van der Waals surface area (Å²) in [7, 11) is 1.28. The van der Waals surface area contributed by atoms with Crippen molar-refractivity contribution >= 4 is 17.6 Å². The zero-order valence-corrected chi connectivity index (χ0v) is 23.8. The second kappa shape index (κ2) is 13.8. The molecule has 0 amide bonds. The highest BCUT2D eigenvalue weighted by molar-refractivity contribution is 6.33. The van der Waals surface area contributed by atoms with Gasteiger partial charge in [-0.3, -0.25) is 18.7 Å². The van der Waals surface area contributed by atoms with Gasteiger partial charge in [0, 0.05) is 28.8 Å². The Morgan fingerprint density at radius 2 is 1.67 bits per heavy atom. The fourth-order valence-electron chi connectivity index (χ4n) is 4.71. The number of alkyl halides is 3. The Labute approximate surface area is 249 Å². The second-order valence-corrected chi connectivity index (χ2v) is 10.1.